The molecule has 2 N–H and O–H groups in total. The van der Waals surface area contributed by atoms with Crippen LogP contribution in [0.25, 0.3) is 10.9 Å². The zero-order valence-electron chi connectivity index (χ0n) is 8.90. The lowest BCUT2D eigenvalue weighted by molar-refractivity contribution is 0.476. The molecule has 4 nitrogen and oxygen atoms in total. The van der Waals surface area contributed by atoms with E-state index in [0.717, 1.165) is 10.9 Å². The highest BCUT2D eigenvalue weighted by Crippen LogP contribution is 2.21. The lowest BCUT2D eigenvalue weighted by Gasteiger charge is -1.97. The van der Waals surface area contributed by atoms with E-state index in [-0.39, 0.29) is 17.3 Å². The van der Waals surface area contributed by atoms with Gasteiger partial charge in [0, 0.05) is 23.0 Å². The van der Waals surface area contributed by atoms with Gasteiger partial charge >= 0.3 is 0 Å². The second kappa shape index (κ2) is 3.83. The molecule has 2 rings (SSSR count). The molecular weight excluding hydrogens is 226 g/mol. The zero-order valence-corrected chi connectivity index (χ0v) is 9.71. The summed E-state index contributed by atoms with van der Waals surface area (Å²) in [5.41, 5.74) is 1.41. The van der Waals surface area contributed by atoms with Crippen LogP contribution in [0.5, 0.6) is 5.75 Å². The van der Waals surface area contributed by atoms with E-state index in [1.165, 1.54) is 0 Å². The number of aromatic nitrogens is 1. The van der Waals surface area contributed by atoms with E-state index in [1.807, 2.05) is 0 Å². The lowest BCUT2D eigenvalue weighted by Crippen LogP contribution is -2.06. The number of nitrogens with one attached hydrogen (secondary N) is 1. The third-order valence-electron chi connectivity index (χ3n) is 2.48. The SMILES string of the molecule is CCS(=O)(=O)Cc1cc2ccc(O)cc2[nH]1. The largest absolute Gasteiger partial charge is 0.508 e. The van der Waals surface area contributed by atoms with E-state index in [2.05, 4.69) is 4.98 Å². The number of rotatable bonds is 3. The van der Waals surface area contributed by atoms with Crippen LogP contribution >= 0.6 is 0 Å². The van der Waals surface area contributed by atoms with Crippen LogP contribution in [0.15, 0.2) is 24.3 Å². The topological polar surface area (TPSA) is 70.2 Å². The average Bonchev–Trinajstić information content (AvgIpc) is 2.58. The number of phenols is 1. The van der Waals surface area contributed by atoms with Crippen molar-refractivity contribution in [1.82, 2.24) is 4.98 Å². The third kappa shape index (κ3) is 2.19. The maximum atomic E-state index is 11.4. The highest BCUT2D eigenvalue weighted by atomic mass is 32.2. The number of aromatic hydroxyl groups is 1. The zero-order chi connectivity index (χ0) is 11.8. The van der Waals surface area contributed by atoms with Crippen LogP contribution in [0, 0.1) is 0 Å². The highest BCUT2D eigenvalue weighted by Gasteiger charge is 2.11. The molecule has 0 radical (unpaired) electrons. The number of hydrogen-bond acceptors (Lipinski definition) is 3. The Morgan fingerprint density at radius 1 is 1.31 bits per heavy atom. The van der Waals surface area contributed by atoms with Crippen molar-refractivity contribution in [3.63, 3.8) is 0 Å². The number of H-pyrrole nitrogens is 1. The molecule has 0 amide bonds. The molecule has 0 unspecified atom stereocenters. The minimum absolute atomic E-state index is 0.0128. The van der Waals surface area contributed by atoms with Gasteiger partial charge < -0.3 is 10.1 Å². The number of sulfone groups is 1. The van der Waals surface area contributed by atoms with Crippen molar-refractivity contribution >= 4 is 20.7 Å². The molecule has 0 aliphatic rings. The summed E-state index contributed by atoms with van der Waals surface area (Å²) in [6, 6.07) is 6.71. The Bertz CT molecular complexity index is 613. The molecule has 1 aromatic heterocycles. The van der Waals surface area contributed by atoms with Gasteiger partial charge in [-0.15, -0.1) is 0 Å². The van der Waals surface area contributed by atoms with E-state index < -0.39 is 9.84 Å². The molecular formula is C11H13NO3S. The van der Waals surface area contributed by atoms with Crippen LogP contribution in [-0.4, -0.2) is 24.3 Å². The number of hydrogen-bond donors (Lipinski definition) is 2. The molecule has 5 heteroatoms. The standard InChI is InChI=1S/C11H13NO3S/c1-2-16(14,15)7-9-5-8-3-4-10(13)6-11(8)12-9/h3-6,12-13H,2,7H2,1H3. The molecule has 1 heterocycles. The molecule has 0 fully saturated rings. The Morgan fingerprint density at radius 2 is 2.06 bits per heavy atom. The molecule has 0 spiro atoms. The predicted molar refractivity (Wildman–Crippen MR) is 63.1 cm³/mol. The third-order valence-corrected chi connectivity index (χ3v) is 4.11. The predicted octanol–water partition coefficient (Wildman–Crippen LogP) is 1.81. The van der Waals surface area contributed by atoms with Gasteiger partial charge in [-0.3, -0.25) is 0 Å². The van der Waals surface area contributed by atoms with Crippen LogP contribution in [-0.2, 0) is 15.6 Å². The van der Waals surface area contributed by atoms with E-state index >= 15 is 0 Å². The smallest absolute Gasteiger partial charge is 0.155 e. The summed E-state index contributed by atoms with van der Waals surface area (Å²) in [7, 11) is -3.02. The Hall–Kier alpha value is -1.49. The summed E-state index contributed by atoms with van der Waals surface area (Å²) < 4.78 is 22.9. The first-order chi connectivity index (χ1) is 7.50. The monoisotopic (exact) mass is 239 g/mol. The highest BCUT2D eigenvalue weighted by molar-refractivity contribution is 7.90. The number of benzene rings is 1. The van der Waals surface area contributed by atoms with Crippen LogP contribution in [0.3, 0.4) is 0 Å². The Balaban J connectivity index is 2.40. The van der Waals surface area contributed by atoms with Crippen LogP contribution in [0.1, 0.15) is 12.6 Å². The van der Waals surface area contributed by atoms with Crippen molar-refractivity contribution in [3.05, 3.63) is 30.0 Å². The van der Waals surface area contributed by atoms with Gasteiger partial charge in [-0.05, 0) is 23.6 Å². The molecule has 16 heavy (non-hydrogen) atoms. The van der Waals surface area contributed by atoms with Gasteiger partial charge in [0.15, 0.2) is 9.84 Å². The van der Waals surface area contributed by atoms with Crippen molar-refractivity contribution in [1.29, 1.82) is 0 Å². The molecule has 0 atom stereocenters. The van der Waals surface area contributed by atoms with Crippen molar-refractivity contribution in [3.8, 4) is 5.75 Å². The van der Waals surface area contributed by atoms with Gasteiger partial charge in [-0.2, -0.15) is 0 Å². The first-order valence-corrected chi connectivity index (χ1v) is 6.83. The fourth-order valence-electron chi connectivity index (χ4n) is 1.59. The van der Waals surface area contributed by atoms with Crippen molar-refractivity contribution in [2.24, 2.45) is 0 Å². The maximum absolute atomic E-state index is 11.4. The second-order valence-corrected chi connectivity index (χ2v) is 6.10. The Labute approximate surface area is 93.8 Å². The summed E-state index contributed by atoms with van der Waals surface area (Å²) in [6.45, 7) is 1.63. The Kier molecular flexibility index (Phi) is 2.63. The van der Waals surface area contributed by atoms with E-state index in [9.17, 15) is 13.5 Å². The van der Waals surface area contributed by atoms with Crippen LogP contribution in [0.2, 0.25) is 0 Å². The molecule has 2 aromatic rings. The van der Waals surface area contributed by atoms with Gasteiger partial charge in [0.05, 0.1) is 5.75 Å². The van der Waals surface area contributed by atoms with Crippen LogP contribution < -0.4 is 0 Å². The van der Waals surface area contributed by atoms with Crippen molar-refractivity contribution < 1.29 is 13.5 Å². The minimum atomic E-state index is -3.02. The van der Waals surface area contributed by atoms with E-state index in [4.69, 9.17) is 0 Å². The normalized spacial score (nSPS) is 12.1. The van der Waals surface area contributed by atoms with E-state index in [1.54, 1.807) is 31.2 Å². The molecule has 0 aliphatic carbocycles. The molecule has 0 saturated carbocycles. The summed E-state index contributed by atoms with van der Waals surface area (Å²) in [4.78, 5) is 2.99. The second-order valence-electron chi connectivity index (χ2n) is 3.74. The molecule has 86 valence electrons. The number of phenolic OH excluding ortho intramolecular Hbond substituents is 1. The Morgan fingerprint density at radius 3 is 2.75 bits per heavy atom. The van der Waals surface area contributed by atoms with Gasteiger partial charge in [0.25, 0.3) is 0 Å². The van der Waals surface area contributed by atoms with Gasteiger partial charge in [-0.25, -0.2) is 8.42 Å². The molecule has 0 bridgehead atoms. The van der Waals surface area contributed by atoms with Crippen LogP contribution in [0.4, 0.5) is 0 Å². The average molecular weight is 239 g/mol. The van der Waals surface area contributed by atoms with Gasteiger partial charge in [0.2, 0.25) is 0 Å². The molecule has 0 saturated heterocycles. The maximum Gasteiger partial charge on any atom is 0.155 e. The molecule has 1 aromatic carbocycles. The fourth-order valence-corrected chi connectivity index (χ4v) is 2.43. The summed E-state index contributed by atoms with van der Waals surface area (Å²) in [5.74, 6) is 0.311. The fraction of sp³-hybridized carbons (Fsp3) is 0.273. The summed E-state index contributed by atoms with van der Waals surface area (Å²) in [6.07, 6.45) is 0. The van der Waals surface area contributed by atoms with Crippen molar-refractivity contribution in [2.45, 2.75) is 12.7 Å². The quantitative estimate of drug-likeness (QED) is 0.858. The minimum Gasteiger partial charge on any atom is -0.508 e. The summed E-state index contributed by atoms with van der Waals surface area (Å²) >= 11 is 0. The first kappa shape index (κ1) is 11.0. The first-order valence-electron chi connectivity index (χ1n) is 5.01. The van der Waals surface area contributed by atoms with Gasteiger partial charge in [-0.1, -0.05) is 6.92 Å². The van der Waals surface area contributed by atoms with Gasteiger partial charge in [0.1, 0.15) is 5.75 Å². The summed E-state index contributed by atoms with van der Waals surface area (Å²) in [5, 5.41) is 10.2. The van der Waals surface area contributed by atoms with E-state index in [0.29, 0.717) is 5.69 Å². The lowest BCUT2D eigenvalue weighted by atomic mass is 10.2. The van der Waals surface area contributed by atoms with Crippen molar-refractivity contribution in [2.75, 3.05) is 5.75 Å². The number of fused-ring (bicyclic) bond motifs is 1. The number of aromatic amines is 1. The molecule has 0 aliphatic heterocycles.